The number of amides is 1. The Morgan fingerprint density at radius 3 is 2.75 bits per heavy atom. The van der Waals surface area contributed by atoms with Crippen LogP contribution < -0.4 is 10.9 Å². The Morgan fingerprint density at radius 2 is 2.03 bits per heavy atom. The maximum Gasteiger partial charge on any atom is 0.263 e. The highest BCUT2D eigenvalue weighted by atomic mass is 35.5. The summed E-state index contributed by atoms with van der Waals surface area (Å²) in [5.74, 6) is -0.364. The van der Waals surface area contributed by atoms with Crippen molar-refractivity contribution in [3.63, 3.8) is 0 Å². The van der Waals surface area contributed by atoms with Gasteiger partial charge in [0, 0.05) is 10.6 Å². The highest BCUT2D eigenvalue weighted by Gasteiger charge is 2.23. The number of aryl methyl sites for hydroxylation is 2. The van der Waals surface area contributed by atoms with Crippen molar-refractivity contribution in [1.82, 2.24) is 14.5 Å². The van der Waals surface area contributed by atoms with Crippen LogP contribution in [-0.4, -0.2) is 33.4 Å². The van der Waals surface area contributed by atoms with Gasteiger partial charge in [0.1, 0.15) is 23.0 Å². The first-order valence-corrected chi connectivity index (χ1v) is 12.1. The molecule has 2 aromatic heterocycles. The molecule has 2 heterocycles. The summed E-state index contributed by atoms with van der Waals surface area (Å²) in [6, 6.07) is 3.99. The maximum absolute atomic E-state index is 13.6. The second-order valence-electron chi connectivity index (χ2n) is 7.95. The molecule has 0 radical (unpaired) electrons. The quantitative estimate of drug-likeness (QED) is 0.540. The van der Waals surface area contributed by atoms with E-state index in [4.69, 9.17) is 16.6 Å². The number of rotatable bonds is 7. The first-order chi connectivity index (χ1) is 15.4. The molecule has 32 heavy (non-hydrogen) atoms. The van der Waals surface area contributed by atoms with E-state index in [2.05, 4.69) is 24.1 Å². The Balaban J connectivity index is 1.72. The zero-order valence-electron chi connectivity index (χ0n) is 18.2. The normalized spacial score (nSPS) is 13.5. The fourth-order valence-electron chi connectivity index (χ4n) is 4.13. The topological polar surface area (TPSA) is 67.2 Å². The number of fused-ring (bicyclic) bond motifs is 3. The fraction of sp³-hybridized carbons (Fsp3) is 0.435. The molecule has 0 atom stereocenters. The number of aromatic nitrogens is 2. The highest BCUT2D eigenvalue weighted by Crippen LogP contribution is 2.34. The van der Waals surface area contributed by atoms with E-state index in [0.29, 0.717) is 23.4 Å². The number of carbonyl (C=O) groups excluding carboxylic acids is 1. The highest BCUT2D eigenvalue weighted by molar-refractivity contribution is 7.18. The summed E-state index contributed by atoms with van der Waals surface area (Å²) in [4.78, 5) is 35.4. The van der Waals surface area contributed by atoms with Crippen LogP contribution in [0, 0.1) is 5.82 Å². The van der Waals surface area contributed by atoms with Crippen LogP contribution in [0.3, 0.4) is 0 Å². The number of halogens is 2. The van der Waals surface area contributed by atoms with Crippen LogP contribution >= 0.6 is 22.9 Å². The molecule has 0 saturated heterocycles. The Hall–Kier alpha value is -2.29. The number of anilines is 1. The lowest BCUT2D eigenvalue weighted by Crippen LogP contribution is -2.34. The first kappa shape index (κ1) is 22.9. The SMILES string of the molecule is CCN(CC)Cc1nc2sc3c(c2c(=O)n1CC(=O)Nc1ccc(F)c(Cl)c1)CCCC3. The van der Waals surface area contributed by atoms with Crippen LogP contribution in [0.2, 0.25) is 5.02 Å². The summed E-state index contributed by atoms with van der Waals surface area (Å²) in [5.41, 5.74) is 1.31. The van der Waals surface area contributed by atoms with Gasteiger partial charge in [-0.3, -0.25) is 19.1 Å². The van der Waals surface area contributed by atoms with Crippen LogP contribution in [0.5, 0.6) is 0 Å². The van der Waals surface area contributed by atoms with Gasteiger partial charge in [0.15, 0.2) is 0 Å². The van der Waals surface area contributed by atoms with Gasteiger partial charge in [-0.2, -0.15) is 0 Å². The minimum atomic E-state index is -0.556. The Labute approximate surface area is 195 Å². The van der Waals surface area contributed by atoms with E-state index >= 15 is 0 Å². The van der Waals surface area contributed by atoms with Crippen molar-refractivity contribution in [2.75, 3.05) is 18.4 Å². The molecule has 4 rings (SSSR count). The van der Waals surface area contributed by atoms with Crippen molar-refractivity contribution in [1.29, 1.82) is 0 Å². The standard InChI is InChI=1S/C23H26ClFN4O2S/c1-3-28(4-2)12-19-27-22-21(15-7-5-6-8-18(15)32-22)23(31)29(19)13-20(30)26-14-9-10-17(25)16(24)11-14/h9-11H,3-8,12-13H2,1-2H3,(H,26,30). The molecule has 0 saturated carbocycles. The molecule has 0 unspecified atom stereocenters. The van der Waals surface area contributed by atoms with Crippen molar-refractivity contribution >= 4 is 44.7 Å². The van der Waals surface area contributed by atoms with Gasteiger partial charge in [0.2, 0.25) is 5.91 Å². The summed E-state index contributed by atoms with van der Waals surface area (Å²) < 4.78 is 14.9. The Kier molecular flexibility index (Phi) is 6.93. The van der Waals surface area contributed by atoms with E-state index < -0.39 is 5.82 Å². The van der Waals surface area contributed by atoms with Crippen LogP contribution in [0.25, 0.3) is 10.2 Å². The third kappa shape index (κ3) is 4.58. The molecule has 1 aromatic carbocycles. The number of hydrogen-bond acceptors (Lipinski definition) is 5. The predicted molar refractivity (Wildman–Crippen MR) is 127 cm³/mol. The Bertz CT molecular complexity index is 1220. The number of benzene rings is 1. The molecule has 1 aliphatic carbocycles. The first-order valence-electron chi connectivity index (χ1n) is 10.9. The third-order valence-electron chi connectivity index (χ3n) is 5.92. The van der Waals surface area contributed by atoms with E-state index in [1.54, 1.807) is 11.3 Å². The van der Waals surface area contributed by atoms with Gasteiger partial charge in [0.25, 0.3) is 5.56 Å². The van der Waals surface area contributed by atoms with Gasteiger partial charge < -0.3 is 5.32 Å². The number of nitrogens with one attached hydrogen (secondary N) is 1. The van der Waals surface area contributed by atoms with Crippen molar-refractivity contribution in [2.24, 2.45) is 0 Å². The van der Waals surface area contributed by atoms with Gasteiger partial charge in [0.05, 0.1) is 17.0 Å². The zero-order valence-corrected chi connectivity index (χ0v) is 19.8. The molecule has 170 valence electrons. The summed E-state index contributed by atoms with van der Waals surface area (Å²) in [6.45, 7) is 6.05. The average Bonchev–Trinajstić information content (AvgIpc) is 3.15. The van der Waals surface area contributed by atoms with Crippen molar-refractivity contribution in [2.45, 2.75) is 52.6 Å². The minimum Gasteiger partial charge on any atom is -0.324 e. The van der Waals surface area contributed by atoms with Crippen LogP contribution in [0.1, 0.15) is 43.0 Å². The number of hydrogen-bond donors (Lipinski definition) is 1. The van der Waals surface area contributed by atoms with Gasteiger partial charge in [-0.05, 0) is 62.5 Å². The maximum atomic E-state index is 13.6. The molecule has 0 bridgehead atoms. The van der Waals surface area contributed by atoms with Gasteiger partial charge in [-0.25, -0.2) is 9.37 Å². The summed E-state index contributed by atoms with van der Waals surface area (Å²) in [7, 11) is 0. The second kappa shape index (κ2) is 9.68. The van der Waals surface area contributed by atoms with Crippen LogP contribution in [0.4, 0.5) is 10.1 Å². The second-order valence-corrected chi connectivity index (χ2v) is 9.44. The van der Waals surface area contributed by atoms with E-state index in [1.165, 1.54) is 27.6 Å². The minimum absolute atomic E-state index is 0.0739. The molecule has 1 amide bonds. The molecule has 9 heteroatoms. The van der Waals surface area contributed by atoms with Crippen molar-refractivity contribution in [3.05, 3.63) is 55.7 Å². The largest absolute Gasteiger partial charge is 0.324 e. The van der Waals surface area contributed by atoms with E-state index in [-0.39, 0.29) is 23.0 Å². The van der Waals surface area contributed by atoms with E-state index in [0.717, 1.165) is 49.2 Å². The lowest BCUT2D eigenvalue weighted by molar-refractivity contribution is -0.116. The van der Waals surface area contributed by atoms with Crippen LogP contribution in [0.15, 0.2) is 23.0 Å². The lowest BCUT2D eigenvalue weighted by Gasteiger charge is -2.20. The molecule has 1 aliphatic rings. The van der Waals surface area contributed by atoms with Crippen LogP contribution in [-0.2, 0) is 30.7 Å². The molecule has 0 spiro atoms. The average molecular weight is 477 g/mol. The van der Waals surface area contributed by atoms with Gasteiger partial charge >= 0.3 is 0 Å². The number of thiophene rings is 1. The lowest BCUT2D eigenvalue weighted by atomic mass is 9.97. The summed E-state index contributed by atoms with van der Waals surface area (Å²) in [5, 5.41) is 3.29. The Morgan fingerprint density at radius 1 is 1.28 bits per heavy atom. The summed E-state index contributed by atoms with van der Waals surface area (Å²) >= 11 is 7.43. The zero-order chi connectivity index (χ0) is 22.8. The van der Waals surface area contributed by atoms with Crippen molar-refractivity contribution in [3.8, 4) is 0 Å². The number of nitrogens with zero attached hydrogens (tertiary/aromatic N) is 3. The van der Waals surface area contributed by atoms with Gasteiger partial charge in [-0.15, -0.1) is 11.3 Å². The van der Waals surface area contributed by atoms with Crippen molar-refractivity contribution < 1.29 is 9.18 Å². The molecule has 0 fully saturated rings. The van der Waals surface area contributed by atoms with E-state index in [1.807, 2.05) is 0 Å². The summed E-state index contributed by atoms with van der Waals surface area (Å²) in [6.07, 6.45) is 4.04. The monoisotopic (exact) mass is 476 g/mol. The molecule has 1 N–H and O–H groups in total. The molecular formula is C23H26ClFN4O2S. The molecule has 3 aromatic rings. The fourth-order valence-corrected chi connectivity index (χ4v) is 5.58. The molecule has 0 aliphatic heterocycles. The van der Waals surface area contributed by atoms with E-state index in [9.17, 15) is 14.0 Å². The van der Waals surface area contributed by atoms with Gasteiger partial charge in [-0.1, -0.05) is 25.4 Å². The number of carbonyl (C=O) groups is 1. The predicted octanol–water partition coefficient (Wildman–Crippen LogP) is 4.61. The third-order valence-corrected chi connectivity index (χ3v) is 7.39. The molecular weight excluding hydrogens is 451 g/mol. The molecule has 6 nitrogen and oxygen atoms in total. The smallest absolute Gasteiger partial charge is 0.263 e.